The van der Waals surface area contributed by atoms with E-state index in [1.807, 2.05) is 10.8 Å². The zero-order valence-electron chi connectivity index (χ0n) is 11.5. The third-order valence-electron chi connectivity index (χ3n) is 2.75. The van der Waals surface area contributed by atoms with Gasteiger partial charge in [0.05, 0.1) is 12.9 Å². The van der Waals surface area contributed by atoms with Gasteiger partial charge >= 0.3 is 5.97 Å². The standard InChI is InChI=1S/C14H18N4O2/c1-2-20-14(19)12-5-3-6-16-13(12)17-7-4-9-18-10-8-15-11-18/h3,5-6,8,10-11H,2,4,7,9H2,1H3,(H,16,17). The number of aryl methyl sites for hydroxylation is 1. The maximum atomic E-state index is 11.8. The van der Waals surface area contributed by atoms with Crippen LogP contribution >= 0.6 is 0 Å². The molecule has 2 heterocycles. The number of hydrogen-bond acceptors (Lipinski definition) is 5. The summed E-state index contributed by atoms with van der Waals surface area (Å²) in [5.74, 6) is 0.217. The number of hydrogen-bond donors (Lipinski definition) is 1. The molecule has 0 aliphatic rings. The average Bonchev–Trinajstić information content (AvgIpc) is 2.97. The number of pyridine rings is 1. The van der Waals surface area contributed by atoms with Crippen LogP contribution in [0.15, 0.2) is 37.1 Å². The van der Waals surface area contributed by atoms with E-state index in [4.69, 9.17) is 4.74 Å². The molecule has 20 heavy (non-hydrogen) atoms. The van der Waals surface area contributed by atoms with Crippen LogP contribution in [0.3, 0.4) is 0 Å². The van der Waals surface area contributed by atoms with E-state index in [1.54, 1.807) is 37.8 Å². The summed E-state index contributed by atoms with van der Waals surface area (Å²) in [5.41, 5.74) is 0.469. The van der Waals surface area contributed by atoms with Crippen molar-refractivity contribution in [3.8, 4) is 0 Å². The van der Waals surface area contributed by atoms with Gasteiger partial charge in [-0.1, -0.05) is 0 Å². The SMILES string of the molecule is CCOC(=O)c1cccnc1NCCCn1ccnc1. The van der Waals surface area contributed by atoms with E-state index in [2.05, 4.69) is 15.3 Å². The van der Waals surface area contributed by atoms with Crippen molar-refractivity contribution in [3.05, 3.63) is 42.6 Å². The highest BCUT2D eigenvalue weighted by Crippen LogP contribution is 2.12. The first-order valence-corrected chi connectivity index (χ1v) is 6.63. The zero-order chi connectivity index (χ0) is 14.2. The van der Waals surface area contributed by atoms with Gasteiger partial charge in [-0.15, -0.1) is 0 Å². The molecule has 0 aliphatic carbocycles. The van der Waals surface area contributed by atoms with Gasteiger partial charge in [-0.05, 0) is 25.5 Å². The maximum absolute atomic E-state index is 11.8. The molecule has 2 aromatic rings. The number of nitrogens with zero attached hydrogens (tertiary/aromatic N) is 3. The number of carbonyl (C=O) groups excluding carboxylic acids is 1. The van der Waals surface area contributed by atoms with E-state index in [-0.39, 0.29) is 5.97 Å². The lowest BCUT2D eigenvalue weighted by Gasteiger charge is -2.10. The molecule has 106 valence electrons. The Morgan fingerprint density at radius 3 is 3.10 bits per heavy atom. The molecular formula is C14H18N4O2. The minimum Gasteiger partial charge on any atom is -0.462 e. The number of carbonyl (C=O) groups is 1. The van der Waals surface area contributed by atoms with Gasteiger partial charge in [0.2, 0.25) is 0 Å². The largest absolute Gasteiger partial charge is 0.462 e. The molecule has 0 aromatic carbocycles. The van der Waals surface area contributed by atoms with Crippen molar-refractivity contribution in [2.45, 2.75) is 19.9 Å². The van der Waals surface area contributed by atoms with Crippen LogP contribution in [0.2, 0.25) is 0 Å². The summed E-state index contributed by atoms with van der Waals surface area (Å²) in [5, 5.41) is 3.17. The topological polar surface area (TPSA) is 69.0 Å². The van der Waals surface area contributed by atoms with E-state index in [0.29, 0.717) is 18.0 Å². The second-order valence-corrected chi connectivity index (χ2v) is 4.20. The highest BCUT2D eigenvalue weighted by Gasteiger charge is 2.12. The molecule has 1 N–H and O–H groups in total. The fourth-order valence-electron chi connectivity index (χ4n) is 1.81. The number of nitrogens with one attached hydrogen (secondary N) is 1. The number of imidazole rings is 1. The van der Waals surface area contributed by atoms with Crippen LogP contribution in [-0.4, -0.2) is 33.7 Å². The van der Waals surface area contributed by atoms with E-state index in [9.17, 15) is 4.79 Å². The van der Waals surface area contributed by atoms with Crippen LogP contribution in [0.5, 0.6) is 0 Å². The Morgan fingerprint density at radius 2 is 2.35 bits per heavy atom. The minimum absolute atomic E-state index is 0.349. The number of ether oxygens (including phenoxy) is 1. The molecule has 6 nitrogen and oxygen atoms in total. The molecule has 0 saturated carbocycles. The van der Waals surface area contributed by atoms with Gasteiger partial charge in [-0.25, -0.2) is 14.8 Å². The van der Waals surface area contributed by atoms with E-state index >= 15 is 0 Å². The first-order valence-electron chi connectivity index (χ1n) is 6.63. The quantitative estimate of drug-likeness (QED) is 0.617. The number of esters is 1. The fourth-order valence-corrected chi connectivity index (χ4v) is 1.81. The summed E-state index contributed by atoms with van der Waals surface area (Å²) in [6, 6.07) is 3.44. The van der Waals surface area contributed by atoms with E-state index in [0.717, 1.165) is 19.5 Å². The van der Waals surface area contributed by atoms with E-state index in [1.165, 1.54) is 0 Å². The van der Waals surface area contributed by atoms with Crippen LogP contribution in [0.25, 0.3) is 0 Å². The van der Waals surface area contributed by atoms with Gasteiger partial charge in [-0.3, -0.25) is 0 Å². The van der Waals surface area contributed by atoms with Crippen molar-refractivity contribution < 1.29 is 9.53 Å². The molecule has 2 rings (SSSR count). The van der Waals surface area contributed by atoms with Gasteiger partial charge in [0, 0.05) is 31.7 Å². The summed E-state index contributed by atoms with van der Waals surface area (Å²) in [7, 11) is 0. The van der Waals surface area contributed by atoms with Crippen LogP contribution < -0.4 is 5.32 Å². The predicted molar refractivity (Wildman–Crippen MR) is 75.5 cm³/mol. The van der Waals surface area contributed by atoms with Crippen molar-refractivity contribution >= 4 is 11.8 Å². The zero-order valence-corrected chi connectivity index (χ0v) is 11.5. The second kappa shape index (κ2) is 7.28. The van der Waals surface area contributed by atoms with Crippen molar-refractivity contribution in [1.29, 1.82) is 0 Å². The molecule has 6 heteroatoms. The van der Waals surface area contributed by atoms with Crippen LogP contribution in [0.4, 0.5) is 5.82 Å². The molecule has 2 aromatic heterocycles. The lowest BCUT2D eigenvalue weighted by molar-refractivity contribution is 0.0527. The van der Waals surface area contributed by atoms with Crippen LogP contribution in [-0.2, 0) is 11.3 Å². The predicted octanol–water partition coefficient (Wildman–Crippen LogP) is 1.96. The molecular weight excluding hydrogens is 256 g/mol. The molecule has 0 fully saturated rings. The van der Waals surface area contributed by atoms with Gasteiger partial charge in [-0.2, -0.15) is 0 Å². The normalized spacial score (nSPS) is 10.2. The Balaban J connectivity index is 1.87. The van der Waals surface area contributed by atoms with Crippen molar-refractivity contribution in [2.75, 3.05) is 18.5 Å². The van der Waals surface area contributed by atoms with Gasteiger partial charge in [0.25, 0.3) is 0 Å². The lowest BCUT2D eigenvalue weighted by Crippen LogP contribution is -2.13. The molecule has 0 unspecified atom stereocenters. The van der Waals surface area contributed by atoms with E-state index < -0.39 is 0 Å². The summed E-state index contributed by atoms with van der Waals surface area (Å²) in [6.07, 6.45) is 8.02. The first-order chi connectivity index (χ1) is 9.81. The Bertz CT molecular complexity index is 540. The van der Waals surface area contributed by atoms with Gasteiger partial charge < -0.3 is 14.6 Å². The third kappa shape index (κ3) is 3.81. The smallest absolute Gasteiger partial charge is 0.341 e. The molecule has 0 amide bonds. The Kier molecular flexibility index (Phi) is 5.11. The Morgan fingerprint density at radius 1 is 1.45 bits per heavy atom. The molecule has 0 radical (unpaired) electrons. The van der Waals surface area contributed by atoms with Crippen molar-refractivity contribution in [1.82, 2.24) is 14.5 Å². The Hall–Kier alpha value is -2.37. The summed E-state index contributed by atoms with van der Waals surface area (Å²) < 4.78 is 7.01. The third-order valence-corrected chi connectivity index (χ3v) is 2.75. The molecule has 0 saturated heterocycles. The summed E-state index contributed by atoms with van der Waals surface area (Å²) in [6.45, 7) is 3.73. The average molecular weight is 274 g/mol. The van der Waals surface area contributed by atoms with Crippen molar-refractivity contribution in [3.63, 3.8) is 0 Å². The Labute approximate surface area is 117 Å². The molecule has 0 atom stereocenters. The lowest BCUT2D eigenvalue weighted by atomic mass is 10.2. The molecule has 0 spiro atoms. The van der Waals surface area contributed by atoms with Crippen LogP contribution in [0, 0.1) is 0 Å². The minimum atomic E-state index is -0.349. The fraction of sp³-hybridized carbons (Fsp3) is 0.357. The second-order valence-electron chi connectivity index (χ2n) is 4.20. The van der Waals surface area contributed by atoms with Crippen LogP contribution in [0.1, 0.15) is 23.7 Å². The molecule has 0 aliphatic heterocycles. The highest BCUT2D eigenvalue weighted by atomic mass is 16.5. The molecule has 0 bridgehead atoms. The van der Waals surface area contributed by atoms with Gasteiger partial charge in [0.15, 0.2) is 0 Å². The first kappa shape index (κ1) is 14.0. The van der Waals surface area contributed by atoms with Gasteiger partial charge in [0.1, 0.15) is 11.4 Å². The summed E-state index contributed by atoms with van der Waals surface area (Å²) >= 11 is 0. The van der Waals surface area contributed by atoms with Crippen molar-refractivity contribution in [2.24, 2.45) is 0 Å². The number of aromatic nitrogens is 3. The maximum Gasteiger partial charge on any atom is 0.341 e. The number of anilines is 1. The highest BCUT2D eigenvalue weighted by molar-refractivity contribution is 5.94. The summed E-state index contributed by atoms with van der Waals surface area (Å²) in [4.78, 5) is 19.9. The monoisotopic (exact) mass is 274 g/mol. The number of rotatable bonds is 7.